The Bertz CT molecular complexity index is 632. The van der Waals surface area contributed by atoms with Gasteiger partial charge < -0.3 is 5.32 Å². The van der Waals surface area contributed by atoms with E-state index in [1.165, 1.54) is 0 Å². The molecule has 2 aromatic rings. The van der Waals surface area contributed by atoms with Crippen LogP contribution in [0.25, 0.3) is 0 Å². The summed E-state index contributed by atoms with van der Waals surface area (Å²) in [6.07, 6.45) is 0. The van der Waals surface area contributed by atoms with Crippen LogP contribution >= 0.6 is 31.9 Å². The van der Waals surface area contributed by atoms with Crippen LogP contribution in [0.2, 0.25) is 0 Å². The Kier molecular flexibility index (Phi) is 5.58. The maximum absolute atomic E-state index is 13.6. The second kappa shape index (κ2) is 7.03. The molecule has 0 amide bonds. The highest BCUT2D eigenvalue weighted by atomic mass is 79.9. The quantitative estimate of drug-likeness (QED) is 0.679. The van der Waals surface area contributed by atoms with Crippen LogP contribution in [-0.4, -0.2) is 6.54 Å². The van der Waals surface area contributed by atoms with E-state index in [0.29, 0.717) is 0 Å². The first-order valence-electron chi connectivity index (χ1n) is 6.89. The zero-order valence-electron chi connectivity index (χ0n) is 12.3. The smallest absolute Gasteiger partial charge is 0.123 e. The molecular weight excluding hydrogens is 397 g/mol. The van der Waals surface area contributed by atoms with Crippen molar-refractivity contribution in [2.45, 2.75) is 26.8 Å². The fraction of sp³-hybridized carbons (Fsp3) is 0.294. The van der Waals surface area contributed by atoms with Crippen LogP contribution in [0.3, 0.4) is 0 Å². The lowest BCUT2D eigenvalue weighted by atomic mass is 9.91. The van der Waals surface area contributed by atoms with Gasteiger partial charge in [0.25, 0.3) is 0 Å². The summed E-state index contributed by atoms with van der Waals surface area (Å²) in [5.74, 6) is -0.183. The number of benzene rings is 2. The fourth-order valence-corrected chi connectivity index (χ4v) is 3.54. The Hall–Kier alpha value is -0.710. The molecule has 0 fully saturated rings. The topological polar surface area (TPSA) is 12.0 Å². The van der Waals surface area contributed by atoms with E-state index < -0.39 is 0 Å². The number of hydrogen-bond acceptors (Lipinski definition) is 1. The summed E-state index contributed by atoms with van der Waals surface area (Å²) in [6.45, 7) is 6.83. The molecule has 0 bridgehead atoms. The van der Waals surface area contributed by atoms with Gasteiger partial charge in [-0.25, -0.2) is 4.39 Å². The van der Waals surface area contributed by atoms with Crippen molar-refractivity contribution in [3.05, 3.63) is 67.3 Å². The highest BCUT2D eigenvalue weighted by Crippen LogP contribution is 2.34. The van der Waals surface area contributed by atoms with Crippen LogP contribution < -0.4 is 5.32 Å². The molecule has 0 saturated carbocycles. The maximum atomic E-state index is 13.6. The Balaban J connectivity index is 2.61. The zero-order chi connectivity index (χ0) is 15.6. The summed E-state index contributed by atoms with van der Waals surface area (Å²) in [5, 5.41) is 3.51. The standard InChI is InChI=1S/C17H18Br2FN/c1-4-21-17(14-9-12(18)5-6-15(14)19)16-10(2)7-13(20)8-11(16)3/h5-9,17,21H,4H2,1-3H3. The largest absolute Gasteiger partial charge is 0.306 e. The predicted molar refractivity (Wildman–Crippen MR) is 93.2 cm³/mol. The predicted octanol–water partition coefficient (Wildman–Crippen LogP) is 5.67. The summed E-state index contributed by atoms with van der Waals surface area (Å²) < 4.78 is 15.6. The number of aryl methyl sites for hydroxylation is 2. The van der Waals surface area contributed by atoms with Gasteiger partial charge in [0.1, 0.15) is 5.82 Å². The molecule has 0 aromatic heterocycles. The van der Waals surface area contributed by atoms with Gasteiger partial charge in [0, 0.05) is 8.95 Å². The van der Waals surface area contributed by atoms with Crippen LogP contribution in [0.4, 0.5) is 4.39 Å². The van der Waals surface area contributed by atoms with E-state index in [1.807, 2.05) is 26.0 Å². The van der Waals surface area contributed by atoms with Crippen molar-refractivity contribution < 1.29 is 4.39 Å². The first kappa shape index (κ1) is 16.7. The Morgan fingerprint density at radius 2 is 1.71 bits per heavy atom. The van der Waals surface area contributed by atoms with Crippen molar-refractivity contribution >= 4 is 31.9 Å². The molecule has 1 nitrogen and oxygen atoms in total. The van der Waals surface area contributed by atoms with E-state index in [9.17, 15) is 4.39 Å². The first-order valence-corrected chi connectivity index (χ1v) is 8.47. The minimum absolute atomic E-state index is 0.0301. The van der Waals surface area contributed by atoms with Crippen molar-refractivity contribution in [2.24, 2.45) is 0 Å². The van der Waals surface area contributed by atoms with E-state index in [-0.39, 0.29) is 11.9 Å². The molecule has 0 heterocycles. The molecule has 4 heteroatoms. The van der Waals surface area contributed by atoms with Crippen molar-refractivity contribution in [1.29, 1.82) is 0 Å². The molecule has 0 spiro atoms. The lowest BCUT2D eigenvalue weighted by molar-refractivity contribution is 0.605. The third kappa shape index (κ3) is 3.74. The van der Waals surface area contributed by atoms with Gasteiger partial charge in [0.15, 0.2) is 0 Å². The van der Waals surface area contributed by atoms with Crippen molar-refractivity contribution in [1.82, 2.24) is 5.32 Å². The number of hydrogen-bond donors (Lipinski definition) is 1. The van der Waals surface area contributed by atoms with Gasteiger partial charge in [0.05, 0.1) is 6.04 Å². The molecule has 21 heavy (non-hydrogen) atoms. The zero-order valence-corrected chi connectivity index (χ0v) is 15.5. The average molecular weight is 415 g/mol. The summed E-state index contributed by atoms with van der Waals surface area (Å²) in [5.41, 5.74) is 4.21. The van der Waals surface area contributed by atoms with Gasteiger partial charge in [-0.2, -0.15) is 0 Å². The van der Waals surface area contributed by atoms with Gasteiger partial charge >= 0.3 is 0 Å². The highest BCUT2D eigenvalue weighted by molar-refractivity contribution is 9.11. The molecule has 0 saturated heterocycles. The van der Waals surface area contributed by atoms with Gasteiger partial charge in [-0.3, -0.25) is 0 Å². The van der Waals surface area contributed by atoms with E-state index in [1.54, 1.807) is 12.1 Å². The fourth-order valence-electron chi connectivity index (χ4n) is 2.68. The van der Waals surface area contributed by atoms with Gasteiger partial charge in [0.2, 0.25) is 0 Å². The molecule has 0 aliphatic carbocycles. The van der Waals surface area contributed by atoms with E-state index in [0.717, 1.165) is 37.7 Å². The highest BCUT2D eigenvalue weighted by Gasteiger charge is 2.20. The lowest BCUT2D eigenvalue weighted by Gasteiger charge is -2.24. The third-order valence-corrected chi connectivity index (χ3v) is 4.74. The molecule has 1 N–H and O–H groups in total. The van der Waals surface area contributed by atoms with Gasteiger partial charge in [-0.15, -0.1) is 0 Å². The number of rotatable bonds is 4. The van der Waals surface area contributed by atoms with Crippen LogP contribution in [-0.2, 0) is 0 Å². The number of nitrogens with one attached hydrogen (secondary N) is 1. The van der Waals surface area contributed by atoms with Crippen LogP contribution in [0.1, 0.15) is 35.2 Å². The Labute approximate surface area is 142 Å². The molecular formula is C17H18Br2FN. The van der Waals surface area contributed by atoms with Crippen LogP contribution in [0, 0.1) is 19.7 Å². The van der Waals surface area contributed by atoms with Crippen molar-refractivity contribution in [3.8, 4) is 0 Å². The van der Waals surface area contributed by atoms with Crippen LogP contribution in [0.5, 0.6) is 0 Å². The second-order valence-corrected chi connectivity index (χ2v) is 6.88. The maximum Gasteiger partial charge on any atom is 0.123 e. The minimum Gasteiger partial charge on any atom is -0.306 e. The third-order valence-electron chi connectivity index (χ3n) is 3.52. The molecule has 2 aromatic carbocycles. The Morgan fingerprint density at radius 3 is 2.29 bits per heavy atom. The van der Waals surface area contributed by atoms with E-state index >= 15 is 0 Å². The van der Waals surface area contributed by atoms with E-state index in [4.69, 9.17) is 0 Å². The Morgan fingerprint density at radius 1 is 1.10 bits per heavy atom. The summed E-state index contributed by atoms with van der Waals surface area (Å²) in [6, 6.07) is 9.35. The molecule has 112 valence electrons. The first-order chi connectivity index (χ1) is 9.93. The summed E-state index contributed by atoms with van der Waals surface area (Å²) in [7, 11) is 0. The molecule has 0 aliphatic heterocycles. The lowest BCUT2D eigenvalue weighted by Crippen LogP contribution is -2.24. The second-order valence-electron chi connectivity index (χ2n) is 5.11. The van der Waals surface area contributed by atoms with Crippen molar-refractivity contribution in [3.63, 3.8) is 0 Å². The van der Waals surface area contributed by atoms with Gasteiger partial charge in [-0.05, 0) is 73.0 Å². The van der Waals surface area contributed by atoms with Crippen molar-refractivity contribution in [2.75, 3.05) is 6.54 Å². The molecule has 1 unspecified atom stereocenters. The average Bonchev–Trinajstić information content (AvgIpc) is 2.39. The van der Waals surface area contributed by atoms with Crippen LogP contribution in [0.15, 0.2) is 39.3 Å². The molecule has 1 atom stereocenters. The number of halogens is 3. The normalized spacial score (nSPS) is 12.5. The molecule has 2 rings (SSSR count). The minimum atomic E-state index is -0.183. The van der Waals surface area contributed by atoms with Gasteiger partial charge in [-0.1, -0.05) is 38.8 Å². The monoisotopic (exact) mass is 413 g/mol. The molecule has 0 aliphatic rings. The summed E-state index contributed by atoms with van der Waals surface area (Å²) >= 11 is 7.16. The summed E-state index contributed by atoms with van der Waals surface area (Å²) in [4.78, 5) is 0. The molecule has 0 radical (unpaired) electrons. The SMILES string of the molecule is CCNC(c1cc(Br)ccc1Br)c1c(C)cc(F)cc1C. The van der Waals surface area contributed by atoms with E-state index in [2.05, 4.69) is 50.2 Å².